The van der Waals surface area contributed by atoms with Crippen molar-refractivity contribution in [3.05, 3.63) is 139 Å². The molecule has 216 valence electrons. The lowest BCUT2D eigenvalue weighted by Gasteiger charge is -2.13. The predicted molar refractivity (Wildman–Crippen MR) is 173 cm³/mol. The van der Waals surface area contributed by atoms with E-state index in [9.17, 15) is 0 Å². The Labute approximate surface area is 254 Å². The van der Waals surface area contributed by atoms with Crippen molar-refractivity contribution in [2.24, 2.45) is 5.16 Å². The first-order chi connectivity index (χ1) is 21.7. The monoisotopic (exact) mass is 578 g/mol. The van der Waals surface area contributed by atoms with Gasteiger partial charge in [-0.1, -0.05) is 96.2 Å². The topological polar surface area (TPSA) is 78.8 Å². The number of hydrogen-bond acceptors (Lipinski definition) is 6. The van der Waals surface area contributed by atoms with Crippen molar-refractivity contribution in [3.8, 4) is 28.1 Å². The predicted octanol–water partition coefficient (Wildman–Crippen LogP) is 7.41. The second-order valence-corrected chi connectivity index (χ2v) is 10.4. The number of methoxy groups -OCH3 is 1. The number of hydrogen-bond donors (Lipinski definition) is 0. The molecule has 0 saturated heterocycles. The molecule has 0 N–H and O–H groups in total. The summed E-state index contributed by atoms with van der Waals surface area (Å²) in [7, 11) is 1.65. The minimum atomic E-state index is 0.119. The van der Waals surface area contributed by atoms with Gasteiger partial charge in [-0.05, 0) is 53.4 Å². The number of rotatable bonds is 9. The second kappa shape index (κ2) is 11.9. The van der Waals surface area contributed by atoms with Crippen LogP contribution in [0, 0.1) is 0 Å². The highest BCUT2D eigenvalue weighted by Gasteiger charge is 2.25. The zero-order valence-electron chi connectivity index (χ0n) is 24.5. The summed E-state index contributed by atoms with van der Waals surface area (Å²) in [6.45, 7) is 2.67. The van der Waals surface area contributed by atoms with Crippen LogP contribution in [0.4, 0.5) is 0 Å². The third kappa shape index (κ3) is 5.18. The molecule has 3 heterocycles. The zero-order valence-corrected chi connectivity index (χ0v) is 24.5. The summed E-state index contributed by atoms with van der Waals surface area (Å²) in [5, 5.41) is 9.96. The van der Waals surface area contributed by atoms with Gasteiger partial charge in [-0.3, -0.25) is 0 Å². The summed E-state index contributed by atoms with van der Waals surface area (Å²) in [5.74, 6) is 1.31. The van der Waals surface area contributed by atoms with E-state index in [1.165, 1.54) is 5.56 Å². The molecule has 7 aromatic rings. The van der Waals surface area contributed by atoms with E-state index in [-0.39, 0.29) is 6.61 Å². The highest BCUT2D eigenvalue weighted by Crippen LogP contribution is 2.42. The van der Waals surface area contributed by atoms with E-state index in [1.54, 1.807) is 18.0 Å². The molecule has 4 aromatic carbocycles. The Morgan fingerprint density at radius 1 is 0.773 bits per heavy atom. The molecule has 0 aliphatic heterocycles. The van der Waals surface area contributed by atoms with Gasteiger partial charge in [0.2, 0.25) is 0 Å². The van der Waals surface area contributed by atoms with Gasteiger partial charge in [0.25, 0.3) is 0 Å². The fraction of sp³-hybridized carbons (Fsp3) is 0.111. The first kappa shape index (κ1) is 27.1. The molecular weight excluding hydrogens is 548 g/mol. The molecule has 8 heteroatoms. The van der Waals surface area contributed by atoms with Crippen LogP contribution in [0.25, 0.3) is 39.1 Å². The average molecular weight is 579 g/mol. The Morgan fingerprint density at radius 2 is 1.43 bits per heavy atom. The number of nitrogens with zero attached hydrogens (tertiary/aromatic N) is 6. The lowest BCUT2D eigenvalue weighted by molar-refractivity contribution is 0.125. The Bertz CT molecular complexity index is 2070. The van der Waals surface area contributed by atoms with Crippen LogP contribution >= 0.6 is 0 Å². The molecule has 0 aliphatic carbocycles. The summed E-state index contributed by atoms with van der Waals surface area (Å²) < 4.78 is 9.27. The lowest BCUT2D eigenvalue weighted by atomic mass is 9.99. The van der Waals surface area contributed by atoms with Crippen molar-refractivity contribution >= 4 is 22.4 Å². The largest absolute Gasteiger partial charge is 0.497 e. The van der Waals surface area contributed by atoms with Crippen LogP contribution in [0.3, 0.4) is 0 Å². The Morgan fingerprint density at radius 3 is 2.11 bits per heavy atom. The molecule has 0 unspecified atom stereocenters. The van der Waals surface area contributed by atoms with Crippen molar-refractivity contribution < 1.29 is 9.57 Å². The molecule has 3 aromatic heterocycles. The molecule has 0 saturated carbocycles. The van der Waals surface area contributed by atoms with Gasteiger partial charge in [0, 0.05) is 12.1 Å². The maximum Gasteiger partial charge on any atom is 0.192 e. The van der Waals surface area contributed by atoms with E-state index in [4.69, 9.17) is 24.6 Å². The Hall–Kier alpha value is -5.76. The van der Waals surface area contributed by atoms with E-state index in [1.807, 2.05) is 49.4 Å². The van der Waals surface area contributed by atoms with Crippen LogP contribution < -0.4 is 4.74 Å². The minimum Gasteiger partial charge on any atom is -0.497 e. The van der Waals surface area contributed by atoms with Crippen molar-refractivity contribution in [1.82, 2.24) is 24.1 Å². The van der Waals surface area contributed by atoms with Gasteiger partial charge >= 0.3 is 0 Å². The van der Waals surface area contributed by atoms with E-state index in [0.717, 1.165) is 50.4 Å². The van der Waals surface area contributed by atoms with E-state index >= 15 is 0 Å². The van der Waals surface area contributed by atoms with Crippen LogP contribution in [0.15, 0.2) is 127 Å². The second-order valence-electron chi connectivity index (χ2n) is 10.4. The molecule has 44 heavy (non-hydrogen) atoms. The van der Waals surface area contributed by atoms with Gasteiger partial charge in [0.1, 0.15) is 17.7 Å². The van der Waals surface area contributed by atoms with Crippen molar-refractivity contribution in [2.45, 2.75) is 20.1 Å². The molecule has 0 fully saturated rings. The fourth-order valence-electron chi connectivity index (χ4n) is 5.51. The lowest BCUT2D eigenvalue weighted by Crippen LogP contribution is -2.03. The number of oxime groups is 1. The highest BCUT2D eigenvalue weighted by molar-refractivity contribution is 6.09. The molecule has 7 rings (SSSR count). The molecule has 8 nitrogen and oxygen atoms in total. The summed E-state index contributed by atoms with van der Waals surface area (Å²) >= 11 is 0. The average Bonchev–Trinajstić information content (AvgIpc) is 3.65. The zero-order chi connectivity index (χ0) is 29.9. The number of fused-ring (bicyclic) bond motifs is 3. The van der Waals surface area contributed by atoms with E-state index in [2.05, 4.69) is 82.5 Å². The van der Waals surface area contributed by atoms with Crippen molar-refractivity contribution in [2.75, 3.05) is 7.11 Å². The first-order valence-electron chi connectivity index (χ1n) is 14.4. The number of ether oxygens (including phenoxy) is 1. The standard InChI is InChI=1S/C36H30N6O2/c1-25(27-18-20-30(43-2)21-19-27)40-44-23-31-38-36-33-32(28-14-8-4-9-15-28)34(29-16-10-5-11-17-29)41(22-26-12-6-3-7-13-26)35(33)37-24-42(36)39-31/h3-21,24H,22-23H2,1-2H3. The van der Waals surface area contributed by atoms with Crippen LogP contribution in [0.5, 0.6) is 5.75 Å². The number of benzene rings is 4. The summed E-state index contributed by atoms with van der Waals surface area (Å²) in [5.41, 5.74) is 8.76. The summed E-state index contributed by atoms with van der Waals surface area (Å²) in [6.07, 6.45) is 1.73. The first-order valence-corrected chi connectivity index (χ1v) is 14.4. The molecule has 0 amide bonds. The van der Waals surface area contributed by atoms with Crippen LogP contribution in [-0.4, -0.2) is 37.0 Å². The summed E-state index contributed by atoms with van der Waals surface area (Å²) in [4.78, 5) is 15.6. The quantitative estimate of drug-likeness (QED) is 0.132. The maximum absolute atomic E-state index is 5.72. The maximum atomic E-state index is 5.72. The normalized spacial score (nSPS) is 11.7. The molecule has 0 spiro atoms. The van der Waals surface area contributed by atoms with Gasteiger partial charge in [-0.15, -0.1) is 5.10 Å². The Kier molecular flexibility index (Phi) is 7.30. The molecule has 0 aliphatic rings. The van der Waals surface area contributed by atoms with Crippen LogP contribution in [-0.2, 0) is 18.0 Å². The molecule has 0 radical (unpaired) electrons. The fourth-order valence-corrected chi connectivity index (χ4v) is 5.51. The van der Waals surface area contributed by atoms with Crippen molar-refractivity contribution in [3.63, 3.8) is 0 Å². The smallest absolute Gasteiger partial charge is 0.192 e. The van der Waals surface area contributed by atoms with E-state index < -0.39 is 0 Å². The third-order valence-electron chi connectivity index (χ3n) is 7.62. The van der Waals surface area contributed by atoms with Gasteiger partial charge in [0.05, 0.1) is 23.9 Å². The van der Waals surface area contributed by atoms with Gasteiger partial charge in [0.15, 0.2) is 18.1 Å². The third-order valence-corrected chi connectivity index (χ3v) is 7.62. The van der Waals surface area contributed by atoms with E-state index in [0.29, 0.717) is 18.0 Å². The van der Waals surface area contributed by atoms with Crippen LogP contribution in [0.1, 0.15) is 23.9 Å². The molecule has 0 atom stereocenters. The molecular formula is C36H30N6O2. The van der Waals surface area contributed by atoms with Gasteiger partial charge < -0.3 is 14.1 Å². The van der Waals surface area contributed by atoms with Crippen LogP contribution in [0.2, 0.25) is 0 Å². The molecule has 0 bridgehead atoms. The Balaban J connectivity index is 1.35. The summed E-state index contributed by atoms with van der Waals surface area (Å²) in [6, 6.07) is 39.0. The highest BCUT2D eigenvalue weighted by atomic mass is 16.6. The van der Waals surface area contributed by atoms with Crippen molar-refractivity contribution in [1.29, 1.82) is 0 Å². The van der Waals surface area contributed by atoms with Gasteiger partial charge in [-0.25, -0.2) is 14.5 Å². The minimum absolute atomic E-state index is 0.119. The number of aromatic nitrogens is 5. The SMILES string of the molecule is COc1ccc(C(C)=NOCc2nc3c4c(-c5ccccc5)c(-c5ccccc5)n(Cc5ccccc5)c4ncn3n2)cc1. The van der Waals surface area contributed by atoms with Gasteiger partial charge in [-0.2, -0.15) is 0 Å².